The fourth-order valence-corrected chi connectivity index (χ4v) is 12.6. The van der Waals surface area contributed by atoms with Crippen LogP contribution in [0.25, 0.3) is 16.9 Å². The molecule has 6 aliphatic rings. The Kier molecular flexibility index (Phi) is 22.8. The summed E-state index contributed by atoms with van der Waals surface area (Å²) in [5.74, 6) is -2.66. The van der Waals surface area contributed by atoms with Crippen LogP contribution in [0.15, 0.2) is 92.6 Å². The first-order chi connectivity index (χ1) is 51.3. The van der Waals surface area contributed by atoms with Gasteiger partial charge in [0.2, 0.25) is 11.8 Å². The molecule has 0 radical (unpaired) electrons. The minimum atomic E-state index is -0.612. The van der Waals surface area contributed by atoms with Crippen molar-refractivity contribution in [2.75, 3.05) is 58.5 Å². The number of pyridine rings is 3. The number of imidazole rings is 3. The molecular formula is C74H84ClF3N20O10. The van der Waals surface area contributed by atoms with Gasteiger partial charge in [0.15, 0.2) is 46.0 Å². The number of hydrogen-bond acceptors (Lipinski definition) is 20. The lowest BCUT2D eigenvalue weighted by molar-refractivity contribution is -0.121. The Morgan fingerprint density at radius 2 is 0.889 bits per heavy atom. The summed E-state index contributed by atoms with van der Waals surface area (Å²) in [6.45, 7) is 18.9. The van der Waals surface area contributed by atoms with Crippen LogP contribution in [-0.4, -0.2) is 177 Å². The summed E-state index contributed by atoms with van der Waals surface area (Å²) in [4.78, 5) is 143. The average molecular weight is 1510 g/mol. The number of aromatic nitrogens is 12. The third-order valence-corrected chi connectivity index (χ3v) is 18.4. The molecule has 4 aliphatic carbocycles. The Morgan fingerprint density at radius 3 is 1.24 bits per heavy atom. The van der Waals surface area contributed by atoms with Gasteiger partial charge in [0.25, 0.3) is 17.7 Å². The number of ether oxygens (including phenoxy) is 2. The van der Waals surface area contributed by atoms with Gasteiger partial charge in [0.05, 0.1) is 83.2 Å². The molecule has 7 amide bonds. The van der Waals surface area contributed by atoms with Crippen LogP contribution in [0.4, 0.5) is 51.5 Å². The molecule has 11 heterocycles. The molecule has 0 bridgehead atoms. The zero-order valence-corrected chi connectivity index (χ0v) is 61.9. The number of fused-ring (bicyclic) bond motifs is 3. The predicted molar refractivity (Wildman–Crippen MR) is 391 cm³/mol. The van der Waals surface area contributed by atoms with Crippen LogP contribution in [0.2, 0.25) is 5.15 Å². The van der Waals surface area contributed by atoms with Gasteiger partial charge >= 0.3 is 12.2 Å². The summed E-state index contributed by atoms with van der Waals surface area (Å²) in [5.41, 5.74) is 2.48. The number of ketones is 1. The first kappa shape index (κ1) is 76.6. The second-order valence-electron chi connectivity index (χ2n) is 29.6. The fourth-order valence-electron chi connectivity index (χ4n) is 12.5. The Hall–Kier alpha value is -11.1. The second kappa shape index (κ2) is 32.2. The van der Waals surface area contributed by atoms with Crippen molar-refractivity contribution in [1.82, 2.24) is 73.2 Å². The molecule has 15 rings (SSSR count). The van der Waals surface area contributed by atoms with Crippen LogP contribution >= 0.6 is 11.6 Å². The Labute approximate surface area is 624 Å². The van der Waals surface area contributed by atoms with E-state index >= 15 is 0 Å². The van der Waals surface area contributed by atoms with E-state index in [2.05, 4.69) is 66.1 Å². The van der Waals surface area contributed by atoms with E-state index in [1.54, 1.807) is 72.7 Å². The molecule has 3 unspecified atom stereocenters. The average Bonchev–Trinajstić information content (AvgIpc) is 1.67. The van der Waals surface area contributed by atoms with Crippen LogP contribution in [0.1, 0.15) is 161 Å². The quantitative estimate of drug-likeness (QED) is 0.0658. The lowest BCUT2D eigenvalue weighted by Gasteiger charge is -2.29. The number of rotatable bonds is 17. The van der Waals surface area contributed by atoms with E-state index in [0.717, 1.165) is 44.9 Å². The number of anilines is 5. The summed E-state index contributed by atoms with van der Waals surface area (Å²) in [5, 5.41) is 11.4. The molecule has 3 atom stereocenters. The minimum absolute atomic E-state index is 0.0177. The summed E-state index contributed by atoms with van der Waals surface area (Å²) >= 11 is 5.60. The third kappa shape index (κ3) is 19.6. The first-order valence-electron chi connectivity index (χ1n) is 35.7. The lowest BCUT2D eigenvalue weighted by atomic mass is 10.1. The van der Waals surface area contributed by atoms with E-state index in [9.17, 15) is 51.5 Å². The highest BCUT2D eigenvalue weighted by molar-refractivity contribution is 6.29. The lowest BCUT2D eigenvalue weighted by Crippen LogP contribution is -2.42. The molecule has 34 heteroatoms. The second-order valence-corrected chi connectivity index (χ2v) is 30.0. The van der Waals surface area contributed by atoms with E-state index < -0.39 is 52.5 Å². The molecule has 4 saturated carbocycles. The zero-order valence-electron chi connectivity index (χ0n) is 61.2. The normalized spacial score (nSPS) is 17.7. The minimum Gasteiger partial charge on any atom is -0.444 e. The number of hydrogen-bond donors (Lipinski definition) is 4. The van der Waals surface area contributed by atoms with Crippen molar-refractivity contribution in [2.24, 2.45) is 17.8 Å². The molecule has 9 aromatic rings. The smallest absolute Gasteiger partial charge is 0.410 e. The van der Waals surface area contributed by atoms with Crippen molar-refractivity contribution in [1.29, 1.82) is 0 Å². The van der Waals surface area contributed by atoms with Crippen molar-refractivity contribution in [3.05, 3.63) is 149 Å². The largest absolute Gasteiger partial charge is 0.444 e. The molecule has 2 saturated heterocycles. The number of carbonyl (C=O) groups is 8. The van der Waals surface area contributed by atoms with Gasteiger partial charge in [-0.25, -0.2) is 67.6 Å². The molecule has 0 spiro atoms. The molecule has 6 fully saturated rings. The molecule has 568 valence electrons. The van der Waals surface area contributed by atoms with E-state index in [4.69, 9.17) is 21.1 Å². The van der Waals surface area contributed by atoms with Crippen LogP contribution < -0.4 is 31.1 Å². The maximum absolute atomic E-state index is 14.3. The fraction of sp³-hybridized carbons (Fsp3) is 0.446. The highest BCUT2D eigenvalue weighted by atomic mass is 35.5. The number of aryl methyl sites for hydroxylation is 3. The van der Waals surface area contributed by atoms with Gasteiger partial charge in [0.1, 0.15) is 39.2 Å². The molecule has 108 heavy (non-hydrogen) atoms. The molecule has 30 nitrogen and oxygen atoms in total. The summed E-state index contributed by atoms with van der Waals surface area (Å²) < 4.78 is 57.9. The molecular weight excluding hydrogens is 1420 g/mol. The third-order valence-electron chi connectivity index (χ3n) is 18.2. The number of amides is 7. The van der Waals surface area contributed by atoms with Crippen molar-refractivity contribution in [3.63, 3.8) is 0 Å². The highest BCUT2D eigenvalue weighted by Gasteiger charge is 2.43. The topological polar surface area (TPSA) is 345 Å². The summed E-state index contributed by atoms with van der Waals surface area (Å²) in [6, 6.07) is 4.56. The van der Waals surface area contributed by atoms with Crippen molar-refractivity contribution < 1.29 is 61.0 Å². The SMILES string of the molecule is CC(C)(C)OC(=O)N(CC1CCCC1=O)C1CC1.Cc1cn2cc(NC(=O)c3cnc(Cl)cn3)cc(F)c2n1.Cc1cn2cc(NC(=O)c3cnc(N4CCC(CN(C(=O)OC(C)(C)C)C5CC5)C4=O)cn3)cc(F)c2n1.Cc1cn2cc(NC(=O)c3cnc(N4CCC(CNC5CC5)C4=O)cn3)cc(F)c2n1. The van der Waals surface area contributed by atoms with Crippen LogP contribution in [0.3, 0.4) is 0 Å². The van der Waals surface area contributed by atoms with Crippen molar-refractivity contribution in [3.8, 4) is 0 Å². The van der Waals surface area contributed by atoms with Gasteiger partial charge in [-0.15, -0.1) is 0 Å². The van der Waals surface area contributed by atoms with Gasteiger partial charge < -0.3 is 53.7 Å². The van der Waals surface area contributed by atoms with Crippen LogP contribution in [-0.2, 0) is 23.9 Å². The van der Waals surface area contributed by atoms with Crippen LogP contribution in [0, 0.1) is 56.0 Å². The standard InChI is InChI=1S/C26H30FN7O4.C21H22FN7O2.C14H23NO3.C13H9ClFN5O/c1-15-12-32-14-17(9-19(27)22(32)30-15)31-23(35)20-10-29-21(11-28-20)33-8-7-16(24(33)36)13-34(18-5-6-18)25(37)38-26(2,3)4;1-12-10-28-11-15(6-16(22)19(28)26-12)27-20(30)17-8-25-18(9-24-17)29-5-4-13(21(29)31)7-23-14-2-3-14;1-14(2,3)18-13(17)15(11-7-8-11)9-10-5-4-6-12(10)16;1-7-5-20-6-8(2-9(15)12(20)18-7)19-13(21)10-3-17-11(14)4-16-10/h9-12,14,16,18H,5-8,13H2,1-4H3,(H,31,35);6,8-11,13-14,23H,2-5,7H2,1H3,(H,27,30);10-11H,4-9H2,1-3H3;2-6H,1H3,(H,19,21). The van der Waals surface area contributed by atoms with Crippen LogP contribution in [0.5, 0.6) is 0 Å². The number of nitrogens with one attached hydrogen (secondary N) is 4. The summed E-state index contributed by atoms with van der Waals surface area (Å²) in [6.07, 6.45) is 27.1. The molecule has 4 N–H and O–H groups in total. The van der Waals surface area contributed by atoms with Gasteiger partial charge in [-0.05, 0) is 127 Å². The number of nitrogens with zero attached hydrogens (tertiary/aromatic N) is 16. The van der Waals surface area contributed by atoms with E-state index in [0.29, 0.717) is 97.8 Å². The van der Waals surface area contributed by atoms with Crippen molar-refractivity contribution >= 4 is 105 Å². The zero-order chi connectivity index (χ0) is 77.0. The summed E-state index contributed by atoms with van der Waals surface area (Å²) in [7, 11) is 0. The number of halogens is 4. The molecule has 2 aliphatic heterocycles. The van der Waals surface area contributed by atoms with Gasteiger partial charge in [-0.3, -0.25) is 38.6 Å². The van der Waals surface area contributed by atoms with E-state index in [1.165, 1.54) is 86.3 Å². The highest BCUT2D eigenvalue weighted by Crippen LogP contribution is 2.35. The predicted octanol–water partition coefficient (Wildman–Crippen LogP) is 10.7. The Morgan fingerprint density at radius 1 is 0.500 bits per heavy atom. The Bertz CT molecular complexity index is 4880. The first-order valence-corrected chi connectivity index (χ1v) is 36.1. The molecule has 0 aromatic carbocycles. The van der Waals surface area contributed by atoms with Gasteiger partial charge in [-0.2, -0.15) is 0 Å². The number of Topliss-reactive ketones (excluding diaryl/α,β-unsaturated/α-hetero) is 1. The number of carbonyl (C=O) groups excluding carboxylic acids is 8. The van der Waals surface area contributed by atoms with Gasteiger partial charge in [-0.1, -0.05) is 11.6 Å². The monoisotopic (exact) mass is 1500 g/mol. The van der Waals surface area contributed by atoms with Crippen molar-refractivity contribution in [2.45, 2.75) is 162 Å². The van der Waals surface area contributed by atoms with E-state index in [1.807, 2.05) is 41.5 Å². The van der Waals surface area contributed by atoms with Gasteiger partial charge in [0, 0.05) is 119 Å². The Balaban J connectivity index is 0.000000140. The maximum Gasteiger partial charge on any atom is 0.410 e. The molecule has 9 aromatic heterocycles. The maximum atomic E-state index is 14.3. The van der Waals surface area contributed by atoms with E-state index in [-0.39, 0.29) is 92.3 Å².